The summed E-state index contributed by atoms with van der Waals surface area (Å²) >= 11 is 0. The Morgan fingerprint density at radius 1 is 1.14 bits per heavy atom. The molecular weight excluding hydrogens is 447 g/mol. The maximum atomic E-state index is 13.5. The Hall–Kier alpha value is -3.39. The fourth-order valence-corrected chi connectivity index (χ4v) is 5.20. The molecule has 0 spiro atoms. The van der Waals surface area contributed by atoms with Crippen LogP contribution in [0.5, 0.6) is 11.5 Å². The Morgan fingerprint density at radius 3 is 2.69 bits per heavy atom. The van der Waals surface area contributed by atoms with Crippen molar-refractivity contribution < 1.29 is 18.7 Å². The van der Waals surface area contributed by atoms with Crippen LogP contribution in [0.3, 0.4) is 0 Å². The lowest BCUT2D eigenvalue weighted by molar-refractivity contribution is 0.175. The highest BCUT2D eigenvalue weighted by atomic mass is 19.1. The van der Waals surface area contributed by atoms with Crippen LogP contribution in [0.25, 0.3) is 11.1 Å². The van der Waals surface area contributed by atoms with E-state index in [-0.39, 0.29) is 11.9 Å². The summed E-state index contributed by atoms with van der Waals surface area (Å²) in [4.78, 5) is 14.3. The lowest BCUT2D eigenvalue weighted by Gasteiger charge is -2.35. The summed E-state index contributed by atoms with van der Waals surface area (Å²) in [7, 11) is 1.39. The zero-order valence-electron chi connectivity index (χ0n) is 20.3. The van der Waals surface area contributed by atoms with E-state index in [1.54, 1.807) is 17.0 Å². The molecule has 0 aliphatic carbocycles. The van der Waals surface area contributed by atoms with Crippen molar-refractivity contribution in [2.24, 2.45) is 5.92 Å². The van der Waals surface area contributed by atoms with Crippen LogP contribution in [-0.2, 0) is 11.2 Å². The minimum Gasteiger partial charge on any atom is -0.456 e. The lowest BCUT2D eigenvalue weighted by Crippen LogP contribution is -2.42. The first-order valence-corrected chi connectivity index (χ1v) is 12.2. The molecule has 3 heterocycles. The molecule has 0 saturated carbocycles. The molecule has 0 bridgehead atoms. The Bertz CT molecular complexity index is 1210. The number of ether oxygens (including phenoxy) is 2. The number of rotatable bonds is 4. The van der Waals surface area contributed by atoms with E-state index in [1.165, 1.54) is 19.2 Å². The Kier molecular flexibility index (Phi) is 6.47. The summed E-state index contributed by atoms with van der Waals surface area (Å²) in [5.41, 5.74) is 3.54. The van der Waals surface area contributed by atoms with Crippen LogP contribution < -0.4 is 15.0 Å². The Balaban J connectivity index is 1.60. The van der Waals surface area contributed by atoms with E-state index < -0.39 is 6.09 Å². The highest BCUT2D eigenvalue weighted by molar-refractivity contribution is 5.92. The number of hydrogen-bond donors (Lipinski definition) is 1. The first-order chi connectivity index (χ1) is 17.0. The highest BCUT2D eigenvalue weighted by Gasteiger charge is 2.33. The van der Waals surface area contributed by atoms with Gasteiger partial charge in [-0.2, -0.15) is 5.10 Å². The summed E-state index contributed by atoms with van der Waals surface area (Å²) in [6, 6.07) is 10.2. The molecule has 2 aliphatic rings. The second-order valence-corrected chi connectivity index (χ2v) is 9.47. The maximum Gasteiger partial charge on any atom is 0.414 e. The van der Waals surface area contributed by atoms with E-state index in [1.807, 2.05) is 25.3 Å². The van der Waals surface area contributed by atoms with E-state index in [9.17, 15) is 9.18 Å². The van der Waals surface area contributed by atoms with Crippen LogP contribution in [0, 0.1) is 11.7 Å². The number of nitrogens with zero attached hydrogens (tertiary/aromatic N) is 3. The SMILES string of the molecule is COC(=O)N1c2ccc(-c3cnn(C4CCNCC4C)c3)c(Oc3ccc(F)cc3)c2CC[C@@H]1C. The first-order valence-electron chi connectivity index (χ1n) is 12.2. The van der Waals surface area contributed by atoms with Gasteiger partial charge in [0.05, 0.1) is 25.0 Å². The van der Waals surface area contributed by atoms with Crippen molar-refractivity contribution in [2.45, 2.75) is 45.2 Å². The topological polar surface area (TPSA) is 68.6 Å². The van der Waals surface area contributed by atoms with Gasteiger partial charge >= 0.3 is 6.09 Å². The minimum absolute atomic E-state index is 0.00335. The van der Waals surface area contributed by atoms with Crippen LogP contribution in [0.1, 0.15) is 38.3 Å². The molecule has 1 fully saturated rings. The molecular formula is C27H31FN4O3. The van der Waals surface area contributed by atoms with Crippen molar-refractivity contribution in [1.29, 1.82) is 0 Å². The number of nitrogens with one attached hydrogen (secondary N) is 1. The zero-order chi connectivity index (χ0) is 24.5. The van der Waals surface area contributed by atoms with Gasteiger partial charge in [0.1, 0.15) is 17.3 Å². The van der Waals surface area contributed by atoms with E-state index >= 15 is 0 Å². The summed E-state index contributed by atoms with van der Waals surface area (Å²) in [6.07, 6.45) is 6.10. The number of amides is 1. The quantitative estimate of drug-likeness (QED) is 0.532. The van der Waals surface area contributed by atoms with Gasteiger partial charge in [0.25, 0.3) is 0 Å². The summed E-state index contributed by atoms with van der Waals surface area (Å²) < 4.78 is 27.1. The van der Waals surface area contributed by atoms with Crippen LogP contribution in [-0.4, -0.2) is 42.1 Å². The Labute approximate surface area is 204 Å². The van der Waals surface area contributed by atoms with Gasteiger partial charge in [0.15, 0.2) is 0 Å². The number of carbonyl (C=O) groups excluding carboxylic acids is 1. The fraction of sp³-hybridized carbons (Fsp3) is 0.407. The fourth-order valence-electron chi connectivity index (χ4n) is 5.20. The molecule has 0 radical (unpaired) electrons. The Morgan fingerprint density at radius 2 is 1.94 bits per heavy atom. The van der Waals surface area contributed by atoms with Crippen molar-refractivity contribution in [3.63, 3.8) is 0 Å². The molecule has 3 aromatic rings. The third kappa shape index (κ3) is 4.50. The normalized spacial score (nSPS) is 21.9. The minimum atomic E-state index is -0.397. The monoisotopic (exact) mass is 478 g/mol. The third-order valence-corrected chi connectivity index (χ3v) is 7.15. The second-order valence-electron chi connectivity index (χ2n) is 9.47. The molecule has 35 heavy (non-hydrogen) atoms. The van der Waals surface area contributed by atoms with E-state index in [0.29, 0.717) is 23.5 Å². The molecule has 2 aromatic carbocycles. The number of fused-ring (bicyclic) bond motifs is 1. The molecule has 1 saturated heterocycles. The molecule has 7 nitrogen and oxygen atoms in total. The van der Waals surface area contributed by atoms with Gasteiger partial charge in [-0.25, -0.2) is 9.18 Å². The second kappa shape index (κ2) is 9.70. The van der Waals surface area contributed by atoms with Gasteiger partial charge < -0.3 is 14.8 Å². The van der Waals surface area contributed by atoms with Gasteiger partial charge in [0, 0.05) is 28.9 Å². The predicted molar refractivity (Wildman–Crippen MR) is 132 cm³/mol. The standard InChI is InChI=1S/C27H31FN4O3/c1-17-14-29-13-12-24(17)31-16-19(15-30-31)22-10-11-25-23(9-4-18(2)32(25)27(33)34-3)26(22)35-21-7-5-20(28)6-8-21/h5-8,10-11,15-18,24,29H,4,9,12-14H2,1-3H3/t17?,18-,24?/m0/s1. The number of hydrogen-bond acceptors (Lipinski definition) is 5. The van der Waals surface area contributed by atoms with Crippen LogP contribution in [0.2, 0.25) is 0 Å². The molecule has 5 rings (SSSR count). The average Bonchev–Trinajstić information content (AvgIpc) is 3.35. The van der Waals surface area contributed by atoms with Crippen LogP contribution in [0.15, 0.2) is 48.8 Å². The number of halogens is 1. The van der Waals surface area contributed by atoms with E-state index in [4.69, 9.17) is 14.6 Å². The van der Waals surface area contributed by atoms with Crippen LogP contribution >= 0.6 is 0 Å². The summed E-state index contributed by atoms with van der Waals surface area (Å²) in [5.74, 6) is 1.34. The predicted octanol–water partition coefficient (Wildman–Crippen LogP) is 5.56. The molecule has 1 aromatic heterocycles. The van der Waals surface area contributed by atoms with Crippen molar-refractivity contribution in [1.82, 2.24) is 15.1 Å². The molecule has 3 atom stereocenters. The number of piperidine rings is 1. The lowest BCUT2D eigenvalue weighted by atomic mass is 9.92. The van der Waals surface area contributed by atoms with Gasteiger partial charge in [-0.1, -0.05) is 6.92 Å². The number of methoxy groups -OCH3 is 1. The van der Waals surface area contributed by atoms with Gasteiger partial charge in [-0.3, -0.25) is 9.58 Å². The van der Waals surface area contributed by atoms with Crippen molar-refractivity contribution >= 4 is 11.8 Å². The number of anilines is 1. The van der Waals surface area contributed by atoms with Crippen molar-refractivity contribution in [3.8, 4) is 22.6 Å². The van der Waals surface area contributed by atoms with Gasteiger partial charge in [-0.15, -0.1) is 0 Å². The van der Waals surface area contributed by atoms with Crippen molar-refractivity contribution in [3.05, 3.63) is 60.2 Å². The smallest absolute Gasteiger partial charge is 0.414 e. The zero-order valence-corrected chi connectivity index (χ0v) is 20.3. The first kappa shape index (κ1) is 23.4. The summed E-state index contributed by atoms with van der Waals surface area (Å²) in [6.45, 7) is 6.20. The third-order valence-electron chi connectivity index (χ3n) is 7.15. The molecule has 1 amide bonds. The van der Waals surface area contributed by atoms with E-state index in [2.05, 4.69) is 23.1 Å². The molecule has 8 heteroatoms. The molecule has 2 aliphatic heterocycles. The molecule has 184 valence electrons. The van der Waals surface area contributed by atoms with Crippen molar-refractivity contribution in [2.75, 3.05) is 25.1 Å². The number of benzene rings is 2. The molecule has 2 unspecified atom stereocenters. The van der Waals surface area contributed by atoms with Gasteiger partial charge in [-0.05, 0) is 81.6 Å². The number of carbonyl (C=O) groups is 1. The van der Waals surface area contributed by atoms with Crippen LogP contribution in [0.4, 0.5) is 14.9 Å². The molecule has 1 N–H and O–H groups in total. The average molecular weight is 479 g/mol. The summed E-state index contributed by atoms with van der Waals surface area (Å²) in [5, 5.41) is 8.14. The number of aromatic nitrogens is 2. The maximum absolute atomic E-state index is 13.5. The van der Waals surface area contributed by atoms with E-state index in [0.717, 1.165) is 54.7 Å². The highest BCUT2D eigenvalue weighted by Crippen LogP contribution is 2.45. The largest absolute Gasteiger partial charge is 0.456 e. The van der Waals surface area contributed by atoms with Gasteiger partial charge in [0.2, 0.25) is 0 Å².